The molecule has 3 aromatic heterocycles. The number of hydrogen-bond acceptors (Lipinski definition) is 5. The van der Waals surface area contributed by atoms with Crippen LogP contribution in [0.15, 0.2) is 42.7 Å². The number of fused-ring (bicyclic) bond motifs is 2. The first kappa shape index (κ1) is 11.8. The number of pyridine rings is 1. The van der Waals surface area contributed by atoms with Gasteiger partial charge in [-0.25, -0.2) is 4.98 Å². The van der Waals surface area contributed by atoms with E-state index in [1.54, 1.807) is 25.6 Å². The van der Waals surface area contributed by atoms with E-state index in [0.29, 0.717) is 11.5 Å². The molecule has 0 atom stereocenters. The number of aromatic amines is 1. The predicted octanol–water partition coefficient (Wildman–Crippen LogP) is 2.58. The molecular weight excluding hydrogens is 266 g/mol. The van der Waals surface area contributed by atoms with E-state index in [-0.39, 0.29) is 0 Å². The van der Waals surface area contributed by atoms with E-state index in [1.165, 1.54) is 0 Å². The summed E-state index contributed by atoms with van der Waals surface area (Å²) in [5.74, 6) is 1.26. The molecule has 0 unspecified atom stereocenters. The molecule has 0 radical (unpaired) electrons. The Morgan fingerprint density at radius 3 is 2.81 bits per heavy atom. The van der Waals surface area contributed by atoms with E-state index in [9.17, 15) is 0 Å². The monoisotopic (exact) mass is 277 g/mol. The summed E-state index contributed by atoms with van der Waals surface area (Å²) in [7, 11) is 1.59. The summed E-state index contributed by atoms with van der Waals surface area (Å²) >= 11 is 0. The Bertz CT molecular complexity index is 942. The van der Waals surface area contributed by atoms with Crippen molar-refractivity contribution >= 4 is 22.2 Å². The Morgan fingerprint density at radius 1 is 1.00 bits per heavy atom. The van der Waals surface area contributed by atoms with E-state index in [2.05, 4.69) is 24.9 Å². The maximum absolute atomic E-state index is 5.12. The standard InChI is InChI=1S/C15H11N5O/c1-21-12-6-5-11-15(19-12)20-14(18-11)9-3-2-4-10-13(9)17-8-7-16-10/h2-8H,1H3,(H,18,19,20). The number of aromatic nitrogens is 5. The smallest absolute Gasteiger partial charge is 0.215 e. The number of nitrogens with one attached hydrogen (secondary N) is 1. The van der Waals surface area contributed by atoms with Crippen molar-refractivity contribution in [2.45, 2.75) is 0 Å². The SMILES string of the molecule is COc1ccc2[nH]c(-c3cccc4nccnc34)nc2n1. The zero-order valence-electron chi connectivity index (χ0n) is 11.2. The van der Waals surface area contributed by atoms with Crippen LogP contribution < -0.4 is 4.74 Å². The molecule has 6 nitrogen and oxygen atoms in total. The van der Waals surface area contributed by atoms with Gasteiger partial charge in [-0.2, -0.15) is 4.98 Å². The van der Waals surface area contributed by atoms with Crippen molar-refractivity contribution in [3.05, 3.63) is 42.7 Å². The van der Waals surface area contributed by atoms with Gasteiger partial charge < -0.3 is 9.72 Å². The van der Waals surface area contributed by atoms with Crippen molar-refractivity contribution in [2.24, 2.45) is 0 Å². The zero-order valence-corrected chi connectivity index (χ0v) is 11.2. The van der Waals surface area contributed by atoms with Gasteiger partial charge >= 0.3 is 0 Å². The van der Waals surface area contributed by atoms with Gasteiger partial charge in [-0.05, 0) is 18.2 Å². The average Bonchev–Trinajstić information content (AvgIpc) is 2.97. The normalized spacial score (nSPS) is 11.1. The van der Waals surface area contributed by atoms with Gasteiger partial charge in [-0.3, -0.25) is 9.97 Å². The van der Waals surface area contributed by atoms with Gasteiger partial charge in [0.25, 0.3) is 0 Å². The van der Waals surface area contributed by atoms with Gasteiger partial charge in [0.1, 0.15) is 5.82 Å². The minimum Gasteiger partial charge on any atom is -0.481 e. The van der Waals surface area contributed by atoms with E-state index < -0.39 is 0 Å². The summed E-state index contributed by atoms with van der Waals surface area (Å²) in [4.78, 5) is 20.8. The number of hydrogen-bond donors (Lipinski definition) is 1. The highest BCUT2D eigenvalue weighted by molar-refractivity contribution is 5.91. The largest absolute Gasteiger partial charge is 0.481 e. The second-order valence-electron chi connectivity index (χ2n) is 4.54. The van der Waals surface area contributed by atoms with Crippen molar-refractivity contribution in [1.29, 1.82) is 0 Å². The Hall–Kier alpha value is -3.02. The molecule has 4 rings (SSSR count). The number of para-hydroxylation sites is 1. The third kappa shape index (κ3) is 1.88. The summed E-state index contributed by atoms with van der Waals surface area (Å²) < 4.78 is 5.12. The predicted molar refractivity (Wildman–Crippen MR) is 79.0 cm³/mol. The molecule has 0 spiro atoms. The van der Waals surface area contributed by atoms with E-state index >= 15 is 0 Å². The summed E-state index contributed by atoms with van der Waals surface area (Å²) in [6, 6.07) is 9.52. The maximum atomic E-state index is 5.12. The van der Waals surface area contributed by atoms with Crippen LogP contribution in [-0.4, -0.2) is 32.0 Å². The number of imidazole rings is 1. The second-order valence-corrected chi connectivity index (χ2v) is 4.54. The lowest BCUT2D eigenvalue weighted by molar-refractivity contribution is 0.399. The Morgan fingerprint density at radius 2 is 1.90 bits per heavy atom. The zero-order chi connectivity index (χ0) is 14.2. The minimum absolute atomic E-state index is 0.540. The first-order chi connectivity index (χ1) is 10.3. The molecule has 0 aliphatic heterocycles. The molecule has 0 fully saturated rings. The van der Waals surface area contributed by atoms with Crippen molar-refractivity contribution in [1.82, 2.24) is 24.9 Å². The first-order valence-corrected chi connectivity index (χ1v) is 6.46. The van der Waals surface area contributed by atoms with Gasteiger partial charge in [0.05, 0.1) is 23.7 Å². The maximum Gasteiger partial charge on any atom is 0.215 e. The van der Waals surface area contributed by atoms with Gasteiger partial charge in [0.2, 0.25) is 5.88 Å². The fourth-order valence-electron chi connectivity index (χ4n) is 2.30. The quantitative estimate of drug-likeness (QED) is 0.609. The summed E-state index contributed by atoms with van der Waals surface area (Å²) in [5.41, 5.74) is 4.02. The van der Waals surface area contributed by atoms with Crippen molar-refractivity contribution < 1.29 is 4.74 Å². The van der Waals surface area contributed by atoms with E-state index in [1.807, 2.05) is 24.3 Å². The number of benzene rings is 1. The molecule has 21 heavy (non-hydrogen) atoms. The molecule has 1 aromatic carbocycles. The van der Waals surface area contributed by atoms with Crippen LogP contribution in [-0.2, 0) is 0 Å². The number of rotatable bonds is 2. The molecule has 1 N–H and O–H groups in total. The number of methoxy groups -OCH3 is 1. The molecule has 0 saturated carbocycles. The molecule has 0 aliphatic carbocycles. The molecule has 0 amide bonds. The summed E-state index contributed by atoms with van der Waals surface area (Å²) in [6.45, 7) is 0. The van der Waals surface area contributed by atoms with E-state index in [0.717, 1.165) is 27.9 Å². The number of nitrogens with zero attached hydrogens (tertiary/aromatic N) is 4. The van der Waals surface area contributed by atoms with Gasteiger partial charge in [-0.15, -0.1) is 0 Å². The molecule has 3 heterocycles. The molecule has 0 bridgehead atoms. The lowest BCUT2D eigenvalue weighted by Crippen LogP contribution is -1.88. The van der Waals surface area contributed by atoms with Gasteiger partial charge in [0, 0.05) is 24.0 Å². The highest BCUT2D eigenvalue weighted by Gasteiger charge is 2.11. The van der Waals surface area contributed by atoms with Crippen LogP contribution in [0.4, 0.5) is 0 Å². The molecule has 4 aromatic rings. The molecule has 6 heteroatoms. The van der Waals surface area contributed by atoms with Crippen LogP contribution in [0.2, 0.25) is 0 Å². The van der Waals surface area contributed by atoms with Crippen LogP contribution in [0.3, 0.4) is 0 Å². The Balaban J connectivity index is 1.96. The number of H-pyrrole nitrogens is 1. The Kier molecular flexibility index (Phi) is 2.53. The van der Waals surface area contributed by atoms with Crippen LogP contribution >= 0.6 is 0 Å². The lowest BCUT2D eigenvalue weighted by atomic mass is 10.1. The third-order valence-electron chi connectivity index (χ3n) is 3.28. The van der Waals surface area contributed by atoms with Crippen LogP contribution in [0, 0.1) is 0 Å². The highest BCUT2D eigenvalue weighted by atomic mass is 16.5. The van der Waals surface area contributed by atoms with Crippen LogP contribution in [0.1, 0.15) is 0 Å². The molecular formula is C15H11N5O. The topological polar surface area (TPSA) is 76.6 Å². The summed E-state index contributed by atoms with van der Waals surface area (Å²) in [6.07, 6.45) is 3.35. The molecule has 0 saturated heterocycles. The van der Waals surface area contributed by atoms with E-state index in [4.69, 9.17) is 4.74 Å². The highest BCUT2D eigenvalue weighted by Crippen LogP contribution is 2.26. The number of ether oxygens (including phenoxy) is 1. The Labute approximate surface area is 119 Å². The molecule has 0 aliphatic rings. The molecule has 102 valence electrons. The first-order valence-electron chi connectivity index (χ1n) is 6.46. The van der Waals surface area contributed by atoms with Gasteiger partial charge in [0.15, 0.2) is 5.65 Å². The third-order valence-corrected chi connectivity index (χ3v) is 3.28. The van der Waals surface area contributed by atoms with Crippen LogP contribution in [0.5, 0.6) is 5.88 Å². The lowest BCUT2D eigenvalue weighted by Gasteiger charge is -2.01. The average molecular weight is 277 g/mol. The second kappa shape index (κ2) is 4.52. The van der Waals surface area contributed by atoms with Crippen molar-refractivity contribution in [2.75, 3.05) is 7.11 Å². The van der Waals surface area contributed by atoms with Crippen molar-refractivity contribution in [3.63, 3.8) is 0 Å². The van der Waals surface area contributed by atoms with Crippen LogP contribution in [0.25, 0.3) is 33.6 Å². The minimum atomic E-state index is 0.540. The van der Waals surface area contributed by atoms with Crippen molar-refractivity contribution in [3.8, 4) is 17.3 Å². The fourth-order valence-corrected chi connectivity index (χ4v) is 2.30. The fraction of sp³-hybridized carbons (Fsp3) is 0.0667. The summed E-state index contributed by atoms with van der Waals surface area (Å²) in [5, 5.41) is 0. The van der Waals surface area contributed by atoms with Gasteiger partial charge in [-0.1, -0.05) is 6.07 Å².